The summed E-state index contributed by atoms with van der Waals surface area (Å²) in [6.07, 6.45) is 1.06. The van der Waals surface area contributed by atoms with E-state index in [0.29, 0.717) is 25.2 Å². The van der Waals surface area contributed by atoms with E-state index >= 15 is 0 Å². The van der Waals surface area contributed by atoms with Crippen molar-refractivity contribution in [1.29, 1.82) is 0 Å². The van der Waals surface area contributed by atoms with Crippen LogP contribution in [0.1, 0.15) is 146 Å². The standard InChI is InChI=1S/C17H31NOSi.C15H26O4SSi.C14H23N3OSi.C14H25NOSi.C14H24O2Si/c1-14(2)18-12-13-20(6,7)19-16-10-8-15(9-11-16)17(3,4)5;1-15(2,3)13-7-9-14(10-8-13)19-21(5,6)12-11-18-20(4,16)17;1-14(2,3)12-6-8-13(9-7-12)18-19(4,5)11-10-16-17-15;2*1-14(2,3)12-6-8-13(9-7-12)16-17(4,5)11-10-15/h8-11,14,18H,12-13H2,1-7H3;7-10H,11-12H2,1-6H3;6-9H,10-11H2,1-5H3;6-9H,10-11,15H2,1-5H3;6-9,15H,10-11H2,1-5H3. The Morgan fingerprint density at radius 2 is 0.691 bits per heavy atom. The molecule has 0 saturated heterocycles. The number of rotatable bonds is 25. The fourth-order valence-corrected chi connectivity index (χ4v) is 17.2. The fourth-order valence-electron chi connectivity index (χ4n) is 9.05. The lowest BCUT2D eigenvalue weighted by molar-refractivity contribution is 0.311. The van der Waals surface area contributed by atoms with Crippen molar-refractivity contribution in [2.45, 2.75) is 247 Å². The number of nitrogens with zero attached hydrogens (tertiary/aromatic N) is 3. The average molecular weight is 1410 g/mol. The molecule has 0 radical (unpaired) electrons. The van der Waals surface area contributed by atoms with Crippen molar-refractivity contribution in [3.05, 3.63) is 160 Å². The van der Waals surface area contributed by atoms with Crippen molar-refractivity contribution in [1.82, 2.24) is 5.32 Å². The van der Waals surface area contributed by atoms with Crippen molar-refractivity contribution in [2.24, 2.45) is 10.8 Å². The molecule has 0 aliphatic rings. The second kappa shape index (κ2) is 37.9. The predicted octanol–water partition coefficient (Wildman–Crippen LogP) is 20.1. The number of azide groups is 1. The van der Waals surface area contributed by atoms with Crippen LogP contribution in [0.4, 0.5) is 0 Å². The first-order chi connectivity index (χ1) is 42.7. The van der Waals surface area contributed by atoms with Crippen LogP contribution in [-0.2, 0) is 41.4 Å². The Morgan fingerprint density at radius 3 is 0.915 bits per heavy atom. The maximum atomic E-state index is 11.0. The van der Waals surface area contributed by atoms with Gasteiger partial charge in [0.1, 0.15) is 28.7 Å². The second-order valence-electron chi connectivity index (χ2n) is 33.0. The Labute approximate surface area is 578 Å². The maximum Gasteiger partial charge on any atom is 0.264 e. The quantitative estimate of drug-likeness (QED) is 0.0165. The van der Waals surface area contributed by atoms with E-state index in [4.69, 9.17) is 42.7 Å². The van der Waals surface area contributed by atoms with E-state index in [-0.39, 0.29) is 40.3 Å². The van der Waals surface area contributed by atoms with Crippen molar-refractivity contribution in [2.75, 3.05) is 39.1 Å². The summed E-state index contributed by atoms with van der Waals surface area (Å²) in [4.78, 5) is 2.78. The first-order valence-electron chi connectivity index (χ1n) is 33.6. The van der Waals surface area contributed by atoms with E-state index < -0.39 is 51.7 Å². The average Bonchev–Trinajstić information content (AvgIpc) is 0.885. The molecule has 0 unspecified atom stereocenters. The third-order valence-corrected chi connectivity index (χ3v) is 26.9. The zero-order chi connectivity index (χ0) is 72.4. The summed E-state index contributed by atoms with van der Waals surface area (Å²) in [5.74, 6) is 4.65. The predicted molar refractivity (Wildman–Crippen MR) is 414 cm³/mol. The number of nitrogens with two attached hydrogens (primary N) is 1. The molecule has 14 nitrogen and oxygen atoms in total. The molecule has 530 valence electrons. The minimum absolute atomic E-state index is 0.120. The molecule has 0 fully saturated rings. The van der Waals surface area contributed by atoms with E-state index in [2.05, 4.69) is 283 Å². The molecule has 0 aromatic heterocycles. The van der Waals surface area contributed by atoms with Crippen LogP contribution in [-0.4, -0.2) is 100 Å². The summed E-state index contributed by atoms with van der Waals surface area (Å²) in [6.45, 7) is 61.7. The van der Waals surface area contributed by atoms with Gasteiger partial charge in [-0.05, 0) is 224 Å². The highest BCUT2D eigenvalue weighted by Gasteiger charge is 2.29. The molecular formula is C74H129N5O9SSi5. The third-order valence-electron chi connectivity index (χ3n) is 15.2. The molecule has 0 bridgehead atoms. The Balaban J connectivity index is 0.000000589. The summed E-state index contributed by atoms with van der Waals surface area (Å²) in [5, 5.41) is 16.0. The number of hydrogen-bond acceptors (Lipinski definition) is 12. The van der Waals surface area contributed by atoms with Crippen LogP contribution in [0.25, 0.3) is 10.4 Å². The number of nitrogens with one attached hydrogen (secondary N) is 1. The minimum atomic E-state index is -3.37. The van der Waals surface area contributed by atoms with Gasteiger partial charge >= 0.3 is 0 Å². The van der Waals surface area contributed by atoms with Crippen LogP contribution in [0.5, 0.6) is 28.7 Å². The zero-order valence-electron chi connectivity index (χ0n) is 63.7. The van der Waals surface area contributed by atoms with Crippen molar-refractivity contribution < 1.29 is 39.8 Å². The Hall–Kier alpha value is -4.72. The monoisotopic (exact) mass is 1400 g/mol. The van der Waals surface area contributed by atoms with Gasteiger partial charge in [0, 0.05) is 30.1 Å². The smallest absolute Gasteiger partial charge is 0.264 e. The van der Waals surface area contributed by atoms with Gasteiger partial charge in [-0.15, -0.1) is 0 Å². The Kier molecular flexibility index (Phi) is 35.2. The summed E-state index contributed by atoms with van der Waals surface area (Å²) >= 11 is 0. The van der Waals surface area contributed by atoms with Gasteiger partial charge in [0.25, 0.3) is 10.1 Å². The minimum Gasteiger partial charge on any atom is -0.544 e. The van der Waals surface area contributed by atoms with Crippen LogP contribution in [0, 0.1) is 0 Å². The van der Waals surface area contributed by atoms with E-state index in [9.17, 15) is 8.42 Å². The van der Waals surface area contributed by atoms with Crippen LogP contribution < -0.4 is 33.2 Å². The molecule has 5 aromatic carbocycles. The van der Waals surface area contributed by atoms with Gasteiger partial charge in [0.05, 0.1) is 12.9 Å². The molecule has 94 heavy (non-hydrogen) atoms. The number of aliphatic hydroxyl groups is 1. The van der Waals surface area contributed by atoms with Crippen LogP contribution >= 0.6 is 0 Å². The van der Waals surface area contributed by atoms with Gasteiger partial charge in [-0.2, -0.15) is 8.42 Å². The Morgan fingerprint density at radius 1 is 0.447 bits per heavy atom. The molecule has 0 heterocycles. The topological polar surface area (TPSA) is 197 Å². The molecule has 5 aromatic rings. The first kappa shape index (κ1) is 87.3. The number of aliphatic hydroxyl groups excluding tert-OH is 1. The molecule has 20 heteroatoms. The zero-order valence-corrected chi connectivity index (χ0v) is 69.6. The highest BCUT2D eigenvalue weighted by atomic mass is 32.2. The molecule has 0 saturated carbocycles. The van der Waals surface area contributed by atoms with Gasteiger partial charge in [-0.3, -0.25) is 4.18 Å². The fraction of sp³-hybridized carbons (Fsp3) is 0.595. The SMILES string of the molecule is CC(C)(C)c1ccc(O[Si](C)(C)CCN)cc1.CC(C)(C)c1ccc(O[Si](C)(C)CCN=[N+]=[N-])cc1.CC(C)(C)c1ccc(O[Si](C)(C)CCO)cc1.CC(C)(C)c1ccc(O[Si](C)(C)CCOS(C)(=O)=O)cc1.CC(C)NCC[Si](C)(C)Oc1ccc(C(C)(C)C)cc1. The molecule has 0 atom stereocenters. The lowest BCUT2D eigenvalue weighted by Gasteiger charge is -2.26. The number of benzene rings is 5. The van der Waals surface area contributed by atoms with Gasteiger partial charge in [0.2, 0.25) is 41.6 Å². The first-order valence-corrected chi connectivity index (χ1v) is 51.0. The lowest BCUT2D eigenvalue weighted by atomic mass is 9.87. The number of hydrogen-bond donors (Lipinski definition) is 3. The van der Waals surface area contributed by atoms with Crippen LogP contribution in [0.15, 0.2) is 126 Å². The van der Waals surface area contributed by atoms with Gasteiger partial charge < -0.3 is 38.3 Å². The van der Waals surface area contributed by atoms with Crippen molar-refractivity contribution >= 4 is 51.7 Å². The summed E-state index contributed by atoms with van der Waals surface area (Å²) < 4.78 is 57.1. The van der Waals surface area contributed by atoms with Gasteiger partial charge in [-0.1, -0.05) is 183 Å². The van der Waals surface area contributed by atoms with E-state index in [1.54, 1.807) is 0 Å². The molecule has 5 rings (SSSR count). The van der Waals surface area contributed by atoms with Crippen LogP contribution in [0.2, 0.25) is 95.7 Å². The molecule has 0 amide bonds. The molecular weight excluding hydrogens is 1280 g/mol. The Bertz CT molecular complexity index is 3030. The maximum absolute atomic E-state index is 11.0. The highest BCUT2D eigenvalue weighted by Crippen LogP contribution is 2.31. The summed E-state index contributed by atoms with van der Waals surface area (Å²) in [5.41, 5.74) is 21.3. The van der Waals surface area contributed by atoms with Gasteiger partial charge in [0.15, 0.2) is 0 Å². The van der Waals surface area contributed by atoms with E-state index in [1.807, 2.05) is 36.4 Å². The largest absolute Gasteiger partial charge is 0.544 e. The van der Waals surface area contributed by atoms with Crippen molar-refractivity contribution in [3.63, 3.8) is 0 Å². The van der Waals surface area contributed by atoms with Crippen LogP contribution in [0.3, 0.4) is 0 Å². The summed E-state index contributed by atoms with van der Waals surface area (Å²) in [7, 11) is -12.2. The second-order valence-corrected chi connectivity index (χ2v) is 55.8. The van der Waals surface area contributed by atoms with Crippen molar-refractivity contribution in [3.8, 4) is 28.7 Å². The molecule has 4 N–H and O–H groups in total. The summed E-state index contributed by atoms with van der Waals surface area (Å²) in [6, 6.07) is 46.7. The normalized spacial score (nSPS) is 12.6. The molecule has 0 spiro atoms. The molecule has 0 aliphatic carbocycles. The van der Waals surface area contributed by atoms with E-state index in [0.717, 1.165) is 65.7 Å². The van der Waals surface area contributed by atoms with Gasteiger partial charge in [-0.25, -0.2) is 0 Å². The molecule has 0 aliphatic heterocycles. The lowest BCUT2D eigenvalue weighted by Crippen LogP contribution is -2.38. The third kappa shape index (κ3) is 38.9. The highest BCUT2D eigenvalue weighted by molar-refractivity contribution is 7.86. The van der Waals surface area contributed by atoms with E-state index in [1.165, 1.54) is 27.8 Å².